The number of aliphatic imine (C=N–C) groups is 1. The number of nitrogens with one attached hydrogen (secondary N) is 2. The maximum atomic E-state index is 11.7. The molecule has 7 nitrogen and oxygen atoms in total. The molecule has 0 unspecified atom stereocenters. The molecule has 0 aromatic rings. The number of carbonyl (C=O) groups excluding carboxylic acids is 1. The summed E-state index contributed by atoms with van der Waals surface area (Å²) in [7, 11) is 1.80. The Bertz CT molecular complexity index is 383. The van der Waals surface area contributed by atoms with Gasteiger partial charge in [-0.2, -0.15) is 0 Å². The van der Waals surface area contributed by atoms with Crippen LogP contribution in [-0.4, -0.2) is 80.8 Å². The van der Waals surface area contributed by atoms with Gasteiger partial charge in [-0.3, -0.25) is 4.99 Å². The highest BCUT2D eigenvalue weighted by atomic mass is 127. The van der Waals surface area contributed by atoms with Crippen LogP contribution in [0.4, 0.5) is 4.79 Å². The molecule has 1 amide bonds. The first-order valence-corrected chi connectivity index (χ1v) is 9.25. The van der Waals surface area contributed by atoms with E-state index in [1.807, 2.05) is 6.92 Å². The summed E-state index contributed by atoms with van der Waals surface area (Å²) in [6.07, 6.45) is 2.73. The van der Waals surface area contributed by atoms with Gasteiger partial charge in [-0.05, 0) is 45.8 Å². The zero-order valence-corrected chi connectivity index (χ0v) is 18.5. The standard InChI is InChI=1S/C17H35N5O2.HI/c1-5-21(6-2)12-8-11-19-16(18-4)20-15-9-13-22(14-10-15)17(23)24-7-3;/h15H,5-14H2,1-4H3,(H2,18,19,20);1H. The quantitative estimate of drug-likeness (QED) is 0.247. The summed E-state index contributed by atoms with van der Waals surface area (Å²) < 4.78 is 5.05. The Morgan fingerprint density at radius 3 is 2.40 bits per heavy atom. The third-order valence-corrected chi connectivity index (χ3v) is 4.42. The third kappa shape index (κ3) is 9.48. The molecule has 25 heavy (non-hydrogen) atoms. The Kier molecular flexibility index (Phi) is 14.0. The number of carbonyl (C=O) groups is 1. The fourth-order valence-corrected chi connectivity index (χ4v) is 2.86. The van der Waals surface area contributed by atoms with E-state index in [1.54, 1.807) is 11.9 Å². The molecule has 2 N–H and O–H groups in total. The van der Waals surface area contributed by atoms with Gasteiger partial charge in [0, 0.05) is 32.7 Å². The molecule has 0 aromatic carbocycles. The lowest BCUT2D eigenvalue weighted by atomic mass is 10.1. The number of ether oxygens (including phenoxy) is 1. The van der Waals surface area contributed by atoms with Crippen LogP contribution in [-0.2, 0) is 4.74 Å². The summed E-state index contributed by atoms with van der Waals surface area (Å²) in [5.41, 5.74) is 0. The zero-order chi connectivity index (χ0) is 17.8. The molecule has 1 aliphatic heterocycles. The minimum atomic E-state index is -0.199. The second-order valence-electron chi connectivity index (χ2n) is 5.98. The van der Waals surface area contributed by atoms with Crippen molar-refractivity contribution < 1.29 is 9.53 Å². The van der Waals surface area contributed by atoms with Crippen molar-refractivity contribution in [1.82, 2.24) is 20.4 Å². The van der Waals surface area contributed by atoms with Gasteiger partial charge in [-0.15, -0.1) is 24.0 Å². The lowest BCUT2D eigenvalue weighted by Gasteiger charge is -2.32. The number of amides is 1. The second-order valence-corrected chi connectivity index (χ2v) is 5.98. The molecule has 8 heteroatoms. The van der Waals surface area contributed by atoms with Crippen LogP contribution >= 0.6 is 24.0 Å². The molecule has 0 radical (unpaired) electrons. The van der Waals surface area contributed by atoms with Crippen LogP contribution in [0, 0.1) is 0 Å². The highest BCUT2D eigenvalue weighted by molar-refractivity contribution is 14.0. The smallest absolute Gasteiger partial charge is 0.409 e. The van der Waals surface area contributed by atoms with Gasteiger partial charge in [0.05, 0.1) is 6.61 Å². The van der Waals surface area contributed by atoms with Crippen LogP contribution in [0.25, 0.3) is 0 Å². The Balaban J connectivity index is 0.00000576. The van der Waals surface area contributed by atoms with Crippen molar-refractivity contribution in [1.29, 1.82) is 0 Å². The highest BCUT2D eigenvalue weighted by Crippen LogP contribution is 2.11. The van der Waals surface area contributed by atoms with E-state index in [-0.39, 0.29) is 30.1 Å². The van der Waals surface area contributed by atoms with E-state index in [1.165, 1.54) is 0 Å². The third-order valence-electron chi connectivity index (χ3n) is 4.42. The maximum Gasteiger partial charge on any atom is 0.409 e. The van der Waals surface area contributed by atoms with Crippen molar-refractivity contribution in [2.24, 2.45) is 4.99 Å². The SMILES string of the molecule is CCOC(=O)N1CCC(NC(=NC)NCCCN(CC)CC)CC1.I. The summed E-state index contributed by atoms with van der Waals surface area (Å²) >= 11 is 0. The normalized spacial score (nSPS) is 15.7. The largest absolute Gasteiger partial charge is 0.450 e. The van der Waals surface area contributed by atoms with E-state index >= 15 is 0 Å². The van der Waals surface area contributed by atoms with Crippen LogP contribution in [0.15, 0.2) is 4.99 Å². The molecule has 0 aliphatic carbocycles. The summed E-state index contributed by atoms with van der Waals surface area (Å²) in [4.78, 5) is 20.2. The predicted octanol–water partition coefficient (Wildman–Crippen LogP) is 2.12. The van der Waals surface area contributed by atoms with E-state index in [0.717, 1.165) is 64.5 Å². The van der Waals surface area contributed by atoms with Crippen LogP contribution in [0.5, 0.6) is 0 Å². The number of rotatable bonds is 8. The van der Waals surface area contributed by atoms with Gasteiger partial charge in [0.1, 0.15) is 0 Å². The van der Waals surface area contributed by atoms with Crippen LogP contribution in [0.2, 0.25) is 0 Å². The molecule has 0 spiro atoms. The van der Waals surface area contributed by atoms with E-state index in [0.29, 0.717) is 12.6 Å². The molecule has 0 atom stereocenters. The second kappa shape index (κ2) is 14.4. The van der Waals surface area contributed by atoms with Crippen molar-refractivity contribution in [3.05, 3.63) is 0 Å². The minimum absolute atomic E-state index is 0. The molecule has 1 aliphatic rings. The topological polar surface area (TPSA) is 69.2 Å². The Morgan fingerprint density at radius 1 is 1.24 bits per heavy atom. The molecule has 1 fully saturated rings. The van der Waals surface area contributed by atoms with Crippen molar-refractivity contribution in [2.45, 2.75) is 46.1 Å². The average Bonchev–Trinajstić information content (AvgIpc) is 2.61. The van der Waals surface area contributed by atoms with E-state index in [4.69, 9.17) is 4.74 Å². The fraction of sp³-hybridized carbons (Fsp3) is 0.882. The first-order chi connectivity index (χ1) is 11.6. The first kappa shape index (κ1) is 24.2. The molecular weight excluding hydrogens is 433 g/mol. The number of nitrogens with zero attached hydrogens (tertiary/aromatic N) is 3. The molecule has 0 bridgehead atoms. The van der Waals surface area contributed by atoms with E-state index < -0.39 is 0 Å². The van der Waals surface area contributed by atoms with Crippen LogP contribution in [0.3, 0.4) is 0 Å². The van der Waals surface area contributed by atoms with Gasteiger partial charge in [0.25, 0.3) is 0 Å². The van der Waals surface area contributed by atoms with E-state index in [9.17, 15) is 4.79 Å². The summed E-state index contributed by atoms with van der Waals surface area (Å²) in [6, 6.07) is 0.352. The van der Waals surface area contributed by atoms with Gasteiger partial charge < -0.3 is 25.2 Å². The zero-order valence-electron chi connectivity index (χ0n) is 16.2. The average molecular weight is 469 g/mol. The molecule has 1 heterocycles. The molecule has 0 aromatic heterocycles. The van der Waals surface area contributed by atoms with Crippen molar-refractivity contribution >= 4 is 36.0 Å². The van der Waals surface area contributed by atoms with Crippen molar-refractivity contribution in [3.8, 4) is 0 Å². The summed E-state index contributed by atoms with van der Waals surface area (Å²) in [5, 5.41) is 6.84. The van der Waals surface area contributed by atoms with Crippen LogP contribution in [0.1, 0.15) is 40.0 Å². The predicted molar refractivity (Wildman–Crippen MR) is 114 cm³/mol. The monoisotopic (exact) mass is 469 g/mol. The Hall–Kier alpha value is -0.770. The van der Waals surface area contributed by atoms with E-state index in [2.05, 4.69) is 34.4 Å². The first-order valence-electron chi connectivity index (χ1n) is 9.25. The van der Waals surface area contributed by atoms with Crippen LogP contribution < -0.4 is 10.6 Å². The number of halogens is 1. The molecule has 0 saturated carbocycles. The fourth-order valence-electron chi connectivity index (χ4n) is 2.86. The number of hydrogen-bond acceptors (Lipinski definition) is 4. The van der Waals surface area contributed by atoms with Gasteiger partial charge in [0.15, 0.2) is 5.96 Å². The number of likely N-dealkylation sites (tertiary alicyclic amines) is 1. The molecule has 1 saturated heterocycles. The lowest BCUT2D eigenvalue weighted by Crippen LogP contribution is -2.50. The van der Waals surface area contributed by atoms with Gasteiger partial charge >= 0.3 is 6.09 Å². The molecule has 1 rings (SSSR count). The summed E-state index contributed by atoms with van der Waals surface area (Å²) in [5.74, 6) is 0.851. The minimum Gasteiger partial charge on any atom is -0.450 e. The van der Waals surface area contributed by atoms with Crippen molar-refractivity contribution in [3.63, 3.8) is 0 Å². The maximum absolute atomic E-state index is 11.7. The molecule has 148 valence electrons. The van der Waals surface area contributed by atoms with Crippen molar-refractivity contribution in [2.75, 3.05) is 52.9 Å². The Morgan fingerprint density at radius 2 is 1.88 bits per heavy atom. The number of hydrogen-bond donors (Lipinski definition) is 2. The number of guanidine groups is 1. The van der Waals surface area contributed by atoms with Gasteiger partial charge in [-0.1, -0.05) is 13.8 Å². The molecular formula is C17H36IN5O2. The highest BCUT2D eigenvalue weighted by Gasteiger charge is 2.23. The summed E-state index contributed by atoms with van der Waals surface area (Å²) in [6.45, 7) is 12.3. The van der Waals surface area contributed by atoms with Gasteiger partial charge in [-0.25, -0.2) is 4.79 Å². The lowest BCUT2D eigenvalue weighted by molar-refractivity contribution is 0.0963. The Labute approximate surface area is 170 Å². The van der Waals surface area contributed by atoms with Gasteiger partial charge in [0.2, 0.25) is 0 Å². The number of piperidine rings is 1.